The first-order valence-corrected chi connectivity index (χ1v) is 16.5. The van der Waals surface area contributed by atoms with Gasteiger partial charge in [-0.15, -0.1) is 11.8 Å². The number of carboxylic acid groups (broad SMARTS) is 1. The van der Waals surface area contributed by atoms with Crippen molar-refractivity contribution in [1.29, 1.82) is 0 Å². The zero-order chi connectivity index (χ0) is 29.4. The first-order valence-electron chi connectivity index (χ1n) is 14.3. The summed E-state index contributed by atoms with van der Waals surface area (Å²) in [5.74, 6) is -0.534. The second kappa shape index (κ2) is 24.3. The van der Waals surface area contributed by atoms with Crippen LogP contribution in [0.5, 0.6) is 0 Å². The zero-order valence-electron chi connectivity index (χ0n) is 24.0. The Labute approximate surface area is 248 Å². The van der Waals surface area contributed by atoms with E-state index in [0.29, 0.717) is 16.6 Å². The third kappa shape index (κ3) is 21.9. The Morgan fingerprint density at radius 1 is 0.923 bits per heavy atom. The molecule has 1 unspecified atom stereocenters. The Kier molecular flexibility index (Phi) is 23.4. The minimum absolute atomic E-state index is 0.189. The summed E-state index contributed by atoms with van der Waals surface area (Å²) < 4.78 is 0.684. The molecule has 0 saturated heterocycles. The maximum Gasteiger partial charge on any atom is 0.309 e. The van der Waals surface area contributed by atoms with Gasteiger partial charge in [0.25, 0.3) is 0 Å². The lowest BCUT2D eigenvalue weighted by Gasteiger charge is -2.25. The summed E-state index contributed by atoms with van der Waals surface area (Å²) >= 11 is 8.42. The summed E-state index contributed by atoms with van der Waals surface area (Å²) in [4.78, 5) is 38.5. The fourth-order valence-corrected chi connectivity index (χ4v) is 6.67. The molecule has 12 heteroatoms. The highest BCUT2D eigenvalue weighted by Crippen LogP contribution is 2.32. The van der Waals surface area contributed by atoms with Crippen molar-refractivity contribution in [2.75, 3.05) is 25.4 Å². The average molecular weight is 604 g/mol. The van der Waals surface area contributed by atoms with Gasteiger partial charge in [-0.2, -0.15) is 0 Å². The molecule has 1 atom stereocenters. The lowest BCUT2D eigenvalue weighted by atomic mass is 9.87. The van der Waals surface area contributed by atoms with E-state index in [4.69, 9.17) is 17.7 Å². The summed E-state index contributed by atoms with van der Waals surface area (Å²) in [5, 5.41) is 17.8. The van der Waals surface area contributed by atoms with Crippen LogP contribution in [0.4, 0.5) is 0 Å². The van der Waals surface area contributed by atoms with Gasteiger partial charge in [0.15, 0.2) is 0 Å². The summed E-state index contributed by atoms with van der Waals surface area (Å²) in [6, 6.07) is 0. The van der Waals surface area contributed by atoms with Gasteiger partial charge < -0.3 is 15.7 Å². The van der Waals surface area contributed by atoms with Gasteiger partial charge in [-0.3, -0.25) is 14.4 Å². The molecular weight excluding hydrogens is 555 g/mol. The Balaban J connectivity index is 4.33. The van der Waals surface area contributed by atoms with Crippen LogP contribution in [0.2, 0.25) is 0 Å². The first kappa shape index (κ1) is 37.5. The lowest BCUT2D eigenvalue weighted by Crippen LogP contribution is -2.38. The van der Waals surface area contributed by atoms with Gasteiger partial charge in [0.05, 0.1) is 10.7 Å². The number of thioether (sulfide) groups is 2. The van der Waals surface area contributed by atoms with E-state index >= 15 is 0 Å². The zero-order valence-corrected chi connectivity index (χ0v) is 26.5. The third-order valence-corrected chi connectivity index (χ3v) is 9.15. The van der Waals surface area contributed by atoms with Gasteiger partial charge in [-0.25, -0.2) is 0 Å². The van der Waals surface area contributed by atoms with Crippen molar-refractivity contribution in [2.45, 2.75) is 116 Å². The number of amides is 2. The van der Waals surface area contributed by atoms with E-state index in [2.05, 4.69) is 27.6 Å². The highest BCUT2D eigenvalue weighted by atomic mass is 32.2. The smallest absolute Gasteiger partial charge is 0.309 e. The summed E-state index contributed by atoms with van der Waals surface area (Å²) in [7, 11) is 0. The van der Waals surface area contributed by atoms with Crippen molar-refractivity contribution in [3.05, 3.63) is 10.4 Å². The molecule has 2 amide bonds. The minimum atomic E-state index is -1.04. The van der Waals surface area contributed by atoms with E-state index in [1.165, 1.54) is 69.5 Å². The fraction of sp³-hybridized carbons (Fsp3) is 0.852. The van der Waals surface area contributed by atoms with Crippen LogP contribution in [-0.4, -0.2) is 57.1 Å². The van der Waals surface area contributed by atoms with E-state index in [1.807, 2.05) is 0 Å². The number of thiocarbonyl (C=S) groups is 1. The second-order valence-electron chi connectivity index (χ2n) is 10.4. The summed E-state index contributed by atoms with van der Waals surface area (Å²) in [6.45, 7) is 6.23. The molecule has 39 heavy (non-hydrogen) atoms. The number of nitrogens with zero attached hydrogens (tertiary/aromatic N) is 3. The highest BCUT2D eigenvalue weighted by molar-refractivity contribution is 8.47. The van der Waals surface area contributed by atoms with E-state index in [9.17, 15) is 19.5 Å². The summed E-state index contributed by atoms with van der Waals surface area (Å²) in [6.07, 6.45) is 15.2. The predicted octanol–water partition coefficient (Wildman–Crippen LogP) is 7.24. The Bertz CT molecular complexity index is 777. The van der Waals surface area contributed by atoms with Gasteiger partial charge in [-0.05, 0) is 57.2 Å². The number of azide groups is 1. The van der Waals surface area contributed by atoms with Crippen molar-refractivity contribution in [2.24, 2.45) is 10.5 Å². The van der Waals surface area contributed by atoms with Crippen LogP contribution in [0.15, 0.2) is 5.11 Å². The molecule has 0 heterocycles. The molecule has 0 bridgehead atoms. The molecular formula is C27H49N5O4S3. The maximum absolute atomic E-state index is 12.9. The monoisotopic (exact) mass is 603 g/mol. The Hall–Kier alpha value is -1.49. The fourth-order valence-electron chi connectivity index (χ4n) is 3.77. The molecule has 0 aromatic carbocycles. The van der Waals surface area contributed by atoms with Gasteiger partial charge in [0.1, 0.15) is 10.1 Å². The normalized spacial score (nSPS) is 11.9. The van der Waals surface area contributed by atoms with Gasteiger partial charge in [-0.1, -0.05) is 93.8 Å². The molecule has 0 rings (SSSR count). The molecule has 0 aliphatic rings. The third-order valence-electron chi connectivity index (χ3n) is 6.28. The first-order chi connectivity index (χ1) is 18.6. The molecule has 3 N–H and O–H groups in total. The Morgan fingerprint density at radius 3 is 2.03 bits per heavy atom. The molecule has 9 nitrogen and oxygen atoms in total. The van der Waals surface area contributed by atoms with Crippen LogP contribution in [0, 0.1) is 5.41 Å². The second-order valence-corrected chi connectivity index (χ2v) is 13.9. The van der Waals surface area contributed by atoms with Gasteiger partial charge in [0, 0.05) is 18.0 Å². The van der Waals surface area contributed by atoms with Gasteiger partial charge >= 0.3 is 5.97 Å². The molecule has 0 aromatic rings. The molecule has 0 fully saturated rings. The number of rotatable bonds is 24. The Morgan fingerprint density at radius 2 is 1.46 bits per heavy atom. The van der Waals surface area contributed by atoms with E-state index in [0.717, 1.165) is 31.4 Å². The van der Waals surface area contributed by atoms with Crippen LogP contribution in [0.3, 0.4) is 0 Å². The van der Waals surface area contributed by atoms with Crippen molar-refractivity contribution >= 4 is 57.1 Å². The largest absolute Gasteiger partial charge is 0.481 e. The molecule has 0 aromatic heterocycles. The molecule has 0 aliphatic carbocycles. The number of nitrogens with one attached hydrogen (secondary N) is 2. The molecule has 0 saturated carbocycles. The number of carboxylic acids is 1. The van der Waals surface area contributed by atoms with E-state index < -0.39 is 16.6 Å². The van der Waals surface area contributed by atoms with Crippen LogP contribution in [0.25, 0.3) is 10.4 Å². The molecule has 0 radical (unpaired) electrons. The molecule has 0 spiro atoms. The quantitative estimate of drug-likeness (QED) is 0.0347. The lowest BCUT2D eigenvalue weighted by molar-refractivity contribution is -0.147. The number of aliphatic carboxylic acids is 1. The number of hydrogen-bond donors (Lipinski definition) is 3. The number of hydrogen-bond acceptors (Lipinski definition) is 7. The minimum Gasteiger partial charge on any atom is -0.481 e. The number of unbranched alkanes of at least 4 members (excludes halogenated alkanes) is 11. The number of carbonyl (C=O) groups is 3. The van der Waals surface area contributed by atoms with E-state index in [1.54, 1.807) is 25.6 Å². The maximum atomic E-state index is 12.9. The predicted molar refractivity (Wildman–Crippen MR) is 168 cm³/mol. The van der Waals surface area contributed by atoms with Crippen molar-refractivity contribution < 1.29 is 19.5 Å². The van der Waals surface area contributed by atoms with E-state index in [-0.39, 0.29) is 24.8 Å². The summed E-state index contributed by atoms with van der Waals surface area (Å²) in [5.41, 5.74) is 7.17. The van der Waals surface area contributed by atoms with Crippen LogP contribution in [-0.2, 0) is 14.4 Å². The average Bonchev–Trinajstić information content (AvgIpc) is 2.89. The van der Waals surface area contributed by atoms with Crippen molar-refractivity contribution in [3.63, 3.8) is 0 Å². The highest BCUT2D eigenvalue weighted by Gasteiger charge is 2.34. The van der Waals surface area contributed by atoms with Crippen molar-refractivity contribution in [1.82, 2.24) is 10.6 Å². The molecule has 0 aliphatic heterocycles. The van der Waals surface area contributed by atoms with Crippen LogP contribution in [0.1, 0.15) is 111 Å². The van der Waals surface area contributed by atoms with Gasteiger partial charge in [0.2, 0.25) is 11.8 Å². The van der Waals surface area contributed by atoms with Crippen molar-refractivity contribution in [3.8, 4) is 0 Å². The topological polar surface area (TPSA) is 144 Å². The number of carbonyl (C=O) groups excluding carboxylic acids is 2. The van der Waals surface area contributed by atoms with Crippen LogP contribution < -0.4 is 10.6 Å². The SMILES string of the molecule is CCCCCCCCCCCCSC(=S)SC(CC(C)(C)C(=O)O)C(=O)NCCCCCNC(=O)CN=[N+]=[N-]. The van der Waals surface area contributed by atoms with Crippen LogP contribution >= 0.6 is 35.7 Å². The standard InChI is InChI=1S/C27H49N5O4S3/c1-4-5-6-7-8-9-10-11-12-16-19-38-26(37)39-22(20-27(2,3)25(35)36)24(34)30-18-15-13-14-17-29-23(33)21-31-32-28/h22H,4-21H2,1-3H3,(H,29,33)(H,30,34)(H,35,36). The molecule has 224 valence electrons.